The van der Waals surface area contributed by atoms with Gasteiger partial charge >= 0.3 is 0 Å². The standard InChI is InChI=1S/C12H18N4O2/c1-7(2)3-8-4-10(15-12(13)14-8)11(18)16-5-9(17)6-16/h4,7,9,17H,3,5-6H2,1-2H3,(H2,13,14,15). The molecule has 0 bridgehead atoms. The molecule has 18 heavy (non-hydrogen) atoms. The van der Waals surface area contributed by atoms with Gasteiger partial charge in [0.2, 0.25) is 5.95 Å². The molecule has 1 amide bonds. The molecule has 6 heteroatoms. The summed E-state index contributed by atoms with van der Waals surface area (Å²) in [6, 6.07) is 1.68. The summed E-state index contributed by atoms with van der Waals surface area (Å²) >= 11 is 0. The van der Waals surface area contributed by atoms with Crippen molar-refractivity contribution < 1.29 is 9.90 Å². The van der Waals surface area contributed by atoms with Crippen LogP contribution in [0.15, 0.2) is 6.07 Å². The van der Waals surface area contributed by atoms with E-state index in [0.29, 0.717) is 24.7 Å². The Morgan fingerprint density at radius 3 is 2.78 bits per heavy atom. The number of carbonyl (C=O) groups is 1. The van der Waals surface area contributed by atoms with E-state index in [2.05, 4.69) is 23.8 Å². The van der Waals surface area contributed by atoms with Gasteiger partial charge in [-0.1, -0.05) is 13.8 Å². The van der Waals surface area contributed by atoms with Crippen molar-refractivity contribution >= 4 is 11.9 Å². The van der Waals surface area contributed by atoms with Crippen LogP contribution in [-0.2, 0) is 6.42 Å². The molecule has 1 aliphatic rings. The molecule has 0 aromatic carbocycles. The van der Waals surface area contributed by atoms with Crippen molar-refractivity contribution in [3.8, 4) is 0 Å². The summed E-state index contributed by atoms with van der Waals surface area (Å²) in [5.74, 6) is 0.366. The zero-order chi connectivity index (χ0) is 13.3. The first kappa shape index (κ1) is 12.8. The monoisotopic (exact) mass is 250 g/mol. The van der Waals surface area contributed by atoms with Crippen LogP contribution < -0.4 is 5.73 Å². The number of hydrogen-bond acceptors (Lipinski definition) is 5. The van der Waals surface area contributed by atoms with Crippen LogP contribution in [-0.4, -0.2) is 45.1 Å². The molecule has 1 aromatic heterocycles. The molecule has 1 aliphatic heterocycles. The Kier molecular flexibility index (Phi) is 3.47. The Morgan fingerprint density at radius 1 is 1.56 bits per heavy atom. The maximum absolute atomic E-state index is 12.0. The lowest BCUT2D eigenvalue weighted by atomic mass is 10.1. The van der Waals surface area contributed by atoms with E-state index in [1.807, 2.05) is 0 Å². The number of amides is 1. The molecular weight excluding hydrogens is 232 g/mol. The second-order valence-electron chi connectivity index (χ2n) is 5.06. The van der Waals surface area contributed by atoms with E-state index >= 15 is 0 Å². The smallest absolute Gasteiger partial charge is 0.272 e. The summed E-state index contributed by atoms with van der Waals surface area (Å²) in [5, 5.41) is 9.19. The summed E-state index contributed by atoms with van der Waals surface area (Å²) in [4.78, 5) is 21.7. The Labute approximate surface area is 106 Å². The minimum atomic E-state index is -0.414. The zero-order valence-corrected chi connectivity index (χ0v) is 10.6. The lowest BCUT2D eigenvalue weighted by Crippen LogP contribution is -2.53. The van der Waals surface area contributed by atoms with Gasteiger partial charge in [-0.25, -0.2) is 9.97 Å². The van der Waals surface area contributed by atoms with Crippen LogP contribution in [0.1, 0.15) is 30.0 Å². The average molecular weight is 250 g/mol. The quantitative estimate of drug-likeness (QED) is 0.792. The fraction of sp³-hybridized carbons (Fsp3) is 0.583. The van der Waals surface area contributed by atoms with Crippen LogP contribution in [0.25, 0.3) is 0 Å². The molecule has 1 aromatic rings. The van der Waals surface area contributed by atoms with Gasteiger partial charge in [0.15, 0.2) is 0 Å². The maximum atomic E-state index is 12.0. The second kappa shape index (κ2) is 4.89. The normalized spacial score (nSPS) is 15.9. The van der Waals surface area contributed by atoms with Crippen LogP contribution in [0.2, 0.25) is 0 Å². The SMILES string of the molecule is CC(C)Cc1cc(C(=O)N2CC(O)C2)nc(N)n1. The van der Waals surface area contributed by atoms with Gasteiger partial charge in [0.25, 0.3) is 5.91 Å². The first-order valence-corrected chi connectivity index (χ1v) is 6.06. The molecule has 3 N–H and O–H groups in total. The number of nitrogens with two attached hydrogens (primary N) is 1. The topological polar surface area (TPSA) is 92.3 Å². The minimum absolute atomic E-state index is 0.123. The fourth-order valence-electron chi connectivity index (χ4n) is 1.93. The van der Waals surface area contributed by atoms with Crippen LogP contribution in [0.4, 0.5) is 5.95 Å². The number of aromatic nitrogens is 2. The summed E-state index contributed by atoms with van der Waals surface area (Å²) in [6.45, 7) is 4.88. The Morgan fingerprint density at radius 2 is 2.22 bits per heavy atom. The van der Waals surface area contributed by atoms with Crippen molar-refractivity contribution in [3.63, 3.8) is 0 Å². The summed E-state index contributed by atoms with van der Waals surface area (Å²) in [6.07, 6.45) is 0.346. The van der Waals surface area contributed by atoms with Gasteiger partial charge in [-0.2, -0.15) is 0 Å². The molecule has 2 heterocycles. The number of anilines is 1. The van der Waals surface area contributed by atoms with E-state index < -0.39 is 6.10 Å². The zero-order valence-electron chi connectivity index (χ0n) is 10.6. The van der Waals surface area contributed by atoms with Crippen LogP contribution in [0.3, 0.4) is 0 Å². The molecule has 1 saturated heterocycles. The highest BCUT2D eigenvalue weighted by atomic mass is 16.3. The van der Waals surface area contributed by atoms with E-state index in [0.717, 1.165) is 12.1 Å². The number of aliphatic hydroxyl groups is 1. The molecule has 0 aliphatic carbocycles. The molecule has 0 atom stereocenters. The number of nitrogens with zero attached hydrogens (tertiary/aromatic N) is 3. The summed E-state index contributed by atoms with van der Waals surface area (Å²) in [5.41, 5.74) is 6.71. The van der Waals surface area contributed by atoms with Gasteiger partial charge in [0, 0.05) is 18.8 Å². The van der Waals surface area contributed by atoms with Crippen LogP contribution >= 0.6 is 0 Å². The number of carbonyl (C=O) groups excluding carboxylic acids is 1. The van der Waals surface area contributed by atoms with E-state index in [9.17, 15) is 9.90 Å². The number of aliphatic hydroxyl groups excluding tert-OH is 1. The predicted octanol–water partition coefficient (Wildman–Crippen LogP) is 0.0740. The lowest BCUT2D eigenvalue weighted by Gasteiger charge is -2.35. The molecule has 98 valence electrons. The third-order valence-corrected chi connectivity index (χ3v) is 2.78. The van der Waals surface area contributed by atoms with Crippen LogP contribution in [0, 0.1) is 5.92 Å². The number of β-amino-alcohol motifs (C(OH)–C–C–N with tert-alkyl or cyclic N) is 1. The number of likely N-dealkylation sites (tertiary alicyclic amines) is 1. The molecule has 0 spiro atoms. The third kappa shape index (κ3) is 2.76. The highest BCUT2D eigenvalue weighted by molar-refractivity contribution is 5.93. The predicted molar refractivity (Wildman–Crippen MR) is 66.9 cm³/mol. The Hall–Kier alpha value is -1.69. The lowest BCUT2D eigenvalue weighted by molar-refractivity contribution is 0.00549. The van der Waals surface area contributed by atoms with E-state index in [1.54, 1.807) is 11.0 Å². The van der Waals surface area contributed by atoms with E-state index in [4.69, 9.17) is 5.73 Å². The molecule has 0 unspecified atom stereocenters. The molecule has 6 nitrogen and oxygen atoms in total. The number of hydrogen-bond donors (Lipinski definition) is 2. The molecule has 0 saturated carbocycles. The first-order valence-electron chi connectivity index (χ1n) is 6.06. The van der Waals surface area contributed by atoms with Crippen molar-refractivity contribution in [2.45, 2.75) is 26.4 Å². The number of nitrogen functional groups attached to an aromatic ring is 1. The largest absolute Gasteiger partial charge is 0.389 e. The van der Waals surface area contributed by atoms with Gasteiger partial charge < -0.3 is 15.7 Å². The first-order chi connectivity index (χ1) is 8.45. The molecule has 2 rings (SSSR count). The third-order valence-electron chi connectivity index (χ3n) is 2.78. The van der Waals surface area contributed by atoms with Crippen molar-refractivity contribution in [2.75, 3.05) is 18.8 Å². The van der Waals surface area contributed by atoms with Crippen molar-refractivity contribution in [3.05, 3.63) is 17.5 Å². The van der Waals surface area contributed by atoms with Crippen molar-refractivity contribution in [2.24, 2.45) is 5.92 Å². The number of rotatable bonds is 3. The molecular formula is C12H18N4O2. The average Bonchev–Trinajstić information content (AvgIpc) is 2.22. The fourth-order valence-corrected chi connectivity index (χ4v) is 1.93. The van der Waals surface area contributed by atoms with Gasteiger partial charge in [-0.15, -0.1) is 0 Å². The van der Waals surface area contributed by atoms with Crippen molar-refractivity contribution in [1.29, 1.82) is 0 Å². The van der Waals surface area contributed by atoms with Crippen LogP contribution in [0.5, 0.6) is 0 Å². The van der Waals surface area contributed by atoms with Gasteiger partial charge in [-0.05, 0) is 18.4 Å². The van der Waals surface area contributed by atoms with Gasteiger partial charge in [0.05, 0.1) is 6.10 Å². The minimum Gasteiger partial charge on any atom is -0.389 e. The van der Waals surface area contributed by atoms with Gasteiger partial charge in [0.1, 0.15) is 5.69 Å². The van der Waals surface area contributed by atoms with E-state index in [-0.39, 0.29) is 11.9 Å². The molecule has 1 fully saturated rings. The van der Waals surface area contributed by atoms with Gasteiger partial charge in [-0.3, -0.25) is 4.79 Å². The maximum Gasteiger partial charge on any atom is 0.272 e. The highest BCUT2D eigenvalue weighted by Crippen LogP contribution is 2.14. The molecule has 0 radical (unpaired) electrons. The van der Waals surface area contributed by atoms with Crippen molar-refractivity contribution in [1.82, 2.24) is 14.9 Å². The van der Waals surface area contributed by atoms with E-state index in [1.165, 1.54) is 0 Å². The summed E-state index contributed by atoms with van der Waals surface area (Å²) in [7, 11) is 0. The second-order valence-corrected chi connectivity index (χ2v) is 5.06. The summed E-state index contributed by atoms with van der Waals surface area (Å²) < 4.78 is 0. The highest BCUT2D eigenvalue weighted by Gasteiger charge is 2.30. The Balaban J connectivity index is 2.17. The Bertz CT molecular complexity index is 455.